The summed E-state index contributed by atoms with van der Waals surface area (Å²) in [5.74, 6) is -1.50. The molecule has 42 heavy (non-hydrogen) atoms. The van der Waals surface area contributed by atoms with Gasteiger partial charge in [-0.2, -0.15) is 0 Å². The molecule has 5 rings (SSSR count). The summed E-state index contributed by atoms with van der Waals surface area (Å²) < 4.78 is 42.4. The Hall–Kier alpha value is -3.60. The lowest BCUT2D eigenvalue weighted by Gasteiger charge is -2.33. The predicted octanol–water partition coefficient (Wildman–Crippen LogP) is 4.68. The SMILES string of the molecule is O=C(O)CCc1ccc(-c2ccc(S(=O)(=O)NC3CCC(C(=O)N4CC(O)C[C@@H]4c4ccc(F)cc4)CC3)cc2)cc1. The maximum atomic E-state index is 13.4. The first-order valence-electron chi connectivity index (χ1n) is 14.3. The van der Waals surface area contributed by atoms with Gasteiger partial charge < -0.3 is 15.1 Å². The van der Waals surface area contributed by atoms with Gasteiger partial charge >= 0.3 is 5.97 Å². The molecule has 3 aromatic rings. The molecule has 1 aliphatic carbocycles. The first kappa shape index (κ1) is 29.9. The number of nitrogens with one attached hydrogen (secondary N) is 1. The first-order valence-corrected chi connectivity index (χ1v) is 15.7. The average molecular weight is 595 g/mol. The zero-order valence-corrected chi connectivity index (χ0v) is 24.0. The van der Waals surface area contributed by atoms with E-state index in [4.69, 9.17) is 5.11 Å². The molecule has 0 spiro atoms. The van der Waals surface area contributed by atoms with Crippen molar-refractivity contribution in [2.75, 3.05) is 6.54 Å². The van der Waals surface area contributed by atoms with Crippen molar-refractivity contribution in [3.8, 4) is 11.1 Å². The number of aliphatic hydroxyl groups excluding tert-OH is 1. The normalized spacial score (nSPS) is 22.7. The van der Waals surface area contributed by atoms with Crippen LogP contribution in [0.1, 0.15) is 55.7 Å². The molecule has 1 saturated carbocycles. The Balaban J connectivity index is 1.16. The summed E-state index contributed by atoms with van der Waals surface area (Å²) in [7, 11) is -3.75. The highest BCUT2D eigenvalue weighted by Gasteiger charge is 2.39. The molecule has 1 amide bonds. The van der Waals surface area contributed by atoms with E-state index in [0.29, 0.717) is 38.5 Å². The fourth-order valence-electron chi connectivity index (χ4n) is 5.98. The second-order valence-corrected chi connectivity index (χ2v) is 12.9. The lowest BCUT2D eigenvalue weighted by molar-refractivity contribution is -0.138. The molecule has 0 radical (unpaired) electrons. The molecule has 1 unspecified atom stereocenters. The summed E-state index contributed by atoms with van der Waals surface area (Å²) in [5, 5.41) is 19.1. The number of carbonyl (C=O) groups is 2. The van der Waals surface area contributed by atoms with Crippen molar-refractivity contribution in [1.29, 1.82) is 0 Å². The van der Waals surface area contributed by atoms with Gasteiger partial charge in [-0.15, -0.1) is 0 Å². The third-order valence-electron chi connectivity index (χ3n) is 8.29. The second kappa shape index (κ2) is 12.7. The molecule has 2 aliphatic rings. The van der Waals surface area contributed by atoms with Gasteiger partial charge in [-0.3, -0.25) is 9.59 Å². The fourth-order valence-corrected chi connectivity index (χ4v) is 7.29. The van der Waals surface area contributed by atoms with Gasteiger partial charge in [0.1, 0.15) is 5.82 Å². The van der Waals surface area contributed by atoms with Crippen LogP contribution in [-0.4, -0.2) is 54.1 Å². The van der Waals surface area contributed by atoms with E-state index in [9.17, 15) is 27.5 Å². The zero-order chi connectivity index (χ0) is 29.9. The summed E-state index contributed by atoms with van der Waals surface area (Å²) in [4.78, 5) is 26.0. The van der Waals surface area contributed by atoms with Crippen LogP contribution in [0.4, 0.5) is 4.39 Å². The first-order chi connectivity index (χ1) is 20.1. The average Bonchev–Trinajstić information content (AvgIpc) is 3.38. The lowest BCUT2D eigenvalue weighted by Crippen LogP contribution is -2.42. The van der Waals surface area contributed by atoms with Crippen molar-refractivity contribution in [3.63, 3.8) is 0 Å². The van der Waals surface area contributed by atoms with Crippen LogP contribution >= 0.6 is 0 Å². The topological polar surface area (TPSA) is 124 Å². The fraction of sp³-hybridized carbons (Fsp3) is 0.375. The second-order valence-electron chi connectivity index (χ2n) is 11.2. The number of carboxylic acids is 1. The summed E-state index contributed by atoms with van der Waals surface area (Å²) in [6.07, 6.45) is 2.42. The van der Waals surface area contributed by atoms with Crippen LogP contribution in [0.5, 0.6) is 0 Å². The highest BCUT2D eigenvalue weighted by molar-refractivity contribution is 7.89. The van der Waals surface area contributed by atoms with Crippen molar-refractivity contribution < 1.29 is 32.6 Å². The Morgan fingerprint density at radius 1 is 0.881 bits per heavy atom. The number of carboxylic acid groups (broad SMARTS) is 1. The van der Waals surface area contributed by atoms with Crippen molar-refractivity contribution >= 4 is 21.9 Å². The van der Waals surface area contributed by atoms with E-state index < -0.39 is 22.1 Å². The maximum absolute atomic E-state index is 13.4. The van der Waals surface area contributed by atoms with E-state index >= 15 is 0 Å². The third-order valence-corrected chi connectivity index (χ3v) is 9.83. The molecule has 3 aromatic carbocycles. The monoisotopic (exact) mass is 594 g/mol. The quantitative estimate of drug-likeness (QED) is 0.331. The van der Waals surface area contributed by atoms with Crippen LogP contribution in [0.25, 0.3) is 11.1 Å². The molecule has 8 nitrogen and oxygen atoms in total. The van der Waals surface area contributed by atoms with Crippen LogP contribution in [-0.2, 0) is 26.0 Å². The number of hydrogen-bond donors (Lipinski definition) is 3. The molecule has 2 fully saturated rings. The molecule has 1 aliphatic heterocycles. The van der Waals surface area contributed by atoms with Crippen molar-refractivity contribution in [2.45, 2.75) is 68.0 Å². The number of halogens is 1. The number of aliphatic carboxylic acids is 1. The largest absolute Gasteiger partial charge is 0.481 e. The van der Waals surface area contributed by atoms with E-state index in [2.05, 4.69) is 4.72 Å². The van der Waals surface area contributed by atoms with E-state index in [1.165, 1.54) is 12.1 Å². The molecule has 1 saturated heterocycles. The van der Waals surface area contributed by atoms with Crippen molar-refractivity contribution in [2.24, 2.45) is 5.92 Å². The van der Waals surface area contributed by atoms with E-state index in [0.717, 1.165) is 22.3 Å². The zero-order valence-electron chi connectivity index (χ0n) is 23.2. The minimum absolute atomic E-state index is 0.0484. The number of sulfonamides is 1. The number of β-amino-alcohol motifs (C(OH)–C–C–N with tert-alkyl or cyclic N) is 1. The Morgan fingerprint density at radius 2 is 1.48 bits per heavy atom. The molecular formula is C32H35FN2O6S. The molecule has 10 heteroatoms. The molecule has 222 valence electrons. The van der Waals surface area contributed by atoms with Gasteiger partial charge in [0.15, 0.2) is 0 Å². The Bertz CT molecular complexity index is 1500. The Morgan fingerprint density at radius 3 is 2.07 bits per heavy atom. The molecule has 1 heterocycles. The van der Waals surface area contributed by atoms with E-state index in [-0.39, 0.29) is 47.6 Å². The number of hydrogen-bond acceptors (Lipinski definition) is 5. The summed E-state index contributed by atoms with van der Waals surface area (Å²) >= 11 is 0. The van der Waals surface area contributed by atoms with Crippen LogP contribution in [0.2, 0.25) is 0 Å². The number of benzene rings is 3. The van der Waals surface area contributed by atoms with Gasteiger partial charge in [-0.05, 0) is 85.0 Å². The van der Waals surface area contributed by atoms with E-state index in [1.807, 2.05) is 24.3 Å². The molecule has 3 N–H and O–H groups in total. The number of aliphatic hydroxyl groups is 1. The van der Waals surface area contributed by atoms with Gasteiger partial charge in [0.05, 0.1) is 17.0 Å². The molecule has 2 atom stereocenters. The number of aryl methyl sites for hydroxylation is 1. The van der Waals surface area contributed by atoms with Gasteiger partial charge in [0.2, 0.25) is 15.9 Å². The molecule has 0 aromatic heterocycles. The highest BCUT2D eigenvalue weighted by atomic mass is 32.2. The third kappa shape index (κ3) is 7.06. The van der Waals surface area contributed by atoms with Gasteiger partial charge in [0, 0.05) is 24.9 Å². The number of nitrogens with zero attached hydrogens (tertiary/aromatic N) is 1. The van der Waals surface area contributed by atoms with E-state index in [1.54, 1.807) is 41.3 Å². The smallest absolute Gasteiger partial charge is 0.303 e. The Labute approximate surface area is 245 Å². The predicted molar refractivity (Wildman–Crippen MR) is 155 cm³/mol. The van der Waals surface area contributed by atoms with Crippen LogP contribution in [0, 0.1) is 11.7 Å². The van der Waals surface area contributed by atoms with Gasteiger partial charge in [-0.1, -0.05) is 48.5 Å². The van der Waals surface area contributed by atoms with Gasteiger partial charge in [0.25, 0.3) is 0 Å². The minimum Gasteiger partial charge on any atom is -0.481 e. The van der Waals surface area contributed by atoms with Crippen molar-refractivity contribution in [3.05, 3.63) is 89.7 Å². The van der Waals surface area contributed by atoms with Crippen LogP contribution < -0.4 is 4.72 Å². The number of amides is 1. The van der Waals surface area contributed by atoms with Crippen LogP contribution in [0.3, 0.4) is 0 Å². The number of carbonyl (C=O) groups excluding carboxylic acids is 1. The number of likely N-dealkylation sites (tertiary alicyclic amines) is 1. The summed E-state index contributed by atoms with van der Waals surface area (Å²) in [5.41, 5.74) is 3.47. The lowest BCUT2D eigenvalue weighted by atomic mass is 9.85. The Kier molecular flexibility index (Phi) is 9.05. The number of rotatable bonds is 9. The molecule has 0 bridgehead atoms. The standard InChI is InChI=1S/C32H35FN2O6S/c33-26-12-6-24(7-13-26)30-19-28(36)20-35(30)32(39)25-8-14-27(15-9-25)34-42(40,41)29-16-10-23(11-17-29)22-4-1-21(2-5-22)3-18-31(37)38/h1-2,4-7,10-13,16-17,25,27-28,30,34,36H,3,8-9,14-15,18-20H2,(H,37,38)/t25?,27?,28?,30-/m1/s1. The van der Waals surface area contributed by atoms with Crippen molar-refractivity contribution in [1.82, 2.24) is 9.62 Å². The summed E-state index contributed by atoms with van der Waals surface area (Å²) in [6.45, 7) is 0.234. The summed E-state index contributed by atoms with van der Waals surface area (Å²) in [6, 6.07) is 19.6. The van der Waals surface area contributed by atoms with Gasteiger partial charge in [-0.25, -0.2) is 17.5 Å². The minimum atomic E-state index is -3.75. The van der Waals surface area contributed by atoms with Crippen LogP contribution in [0.15, 0.2) is 77.7 Å². The maximum Gasteiger partial charge on any atom is 0.303 e. The molecular weight excluding hydrogens is 559 g/mol. The highest BCUT2D eigenvalue weighted by Crippen LogP contribution is 2.36.